The molecule has 0 unspecified atom stereocenters. The largest absolute Gasteiger partial charge is 0.336 e. The van der Waals surface area contributed by atoms with Crippen LogP contribution in [0.5, 0.6) is 0 Å². The van der Waals surface area contributed by atoms with Gasteiger partial charge >= 0.3 is 0 Å². The van der Waals surface area contributed by atoms with Crippen LogP contribution in [0.4, 0.5) is 8.78 Å². The topological polar surface area (TPSA) is 4.93 Å². The Labute approximate surface area is 138 Å². The highest BCUT2D eigenvalue weighted by Crippen LogP contribution is 2.29. The van der Waals surface area contributed by atoms with E-state index in [2.05, 4.69) is 22.8 Å². The Kier molecular flexibility index (Phi) is 3.62. The molecule has 1 heterocycles. The van der Waals surface area contributed by atoms with Crippen LogP contribution in [-0.4, -0.2) is 4.57 Å². The van der Waals surface area contributed by atoms with Crippen molar-refractivity contribution >= 4 is 10.9 Å². The molecular formula is C21H15F2N. The zero-order valence-corrected chi connectivity index (χ0v) is 12.9. The van der Waals surface area contributed by atoms with Gasteiger partial charge in [-0.3, -0.25) is 0 Å². The monoisotopic (exact) mass is 319 g/mol. The molecule has 3 heteroatoms. The van der Waals surface area contributed by atoms with Gasteiger partial charge in [-0.25, -0.2) is 8.78 Å². The molecule has 0 aliphatic carbocycles. The van der Waals surface area contributed by atoms with E-state index in [1.54, 1.807) is 24.3 Å². The van der Waals surface area contributed by atoms with Gasteiger partial charge in [0.15, 0.2) is 0 Å². The van der Waals surface area contributed by atoms with E-state index in [9.17, 15) is 8.78 Å². The van der Waals surface area contributed by atoms with Crippen molar-refractivity contribution in [3.05, 3.63) is 96.1 Å². The van der Waals surface area contributed by atoms with Crippen molar-refractivity contribution in [3.63, 3.8) is 0 Å². The van der Waals surface area contributed by atoms with Crippen LogP contribution in [0.2, 0.25) is 0 Å². The van der Waals surface area contributed by atoms with Crippen LogP contribution < -0.4 is 0 Å². The molecule has 3 aromatic carbocycles. The second-order valence-corrected chi connectivity index (χ2v) is 5.81. The van der Waals surface area contributed by atoms with Crippen molar-refractivity contribution < 1.29 is 8.78 Å². The lowest BCUT2D eigenvalue weighted by atomic mass is 10.1. The quantitative estimate of drug-likeness (QED) is 0.461. The van der Waals surface area contributed by atoms with E-state index in [1.165, 1.54) is 24.3 Å². The Morgan fingerprint density at radius 2 is 1.33 bits per heavy atom. The molecule has 0 spiro atoms. The van der Waals surface area contributed by atoms with Gasteiger partial charge in [-0.05, 0) is 59.7 Å². The summed E-state index contributed by atoms with van der Waals surface area (Å²) in [6.07, 6.45) is 0. The highest BCUT2D eigenvalue weighted by Gasteiger charge is 2.11. The van der Waals surface area contributed by atoms with Crippen LogP contribution >= 0.6 is 0 Å². The Bertz CT molecular complexity index is 983. The standard InChI is InChI=1S/C21H15F2N/c22-18-9-5-15(6-10-18)14-24-20-4-2-1-3-17(20)13-21(24)16-7-11-19(23)12-8-16/h1-13H,14H2. The Morgan fingerprint density at radius 1 is 0.708 bits per heavy atom. The fourth-order valence-electron chi connectivity index (χ4n) is 3.01. The van der Waals surface area contributed by atoms with E-state index in [1.807, 2.05) is 12.1 Å². The van der Waals surface area contributed by atoms with Crippen LogP contribution in [0.1, 0.15) is 5.56 Å². The predicted molar refractivity (Wildman–Crippen MR) is 92.8 cm³/mol. The van der Waals surface area contributed by atoms with Crippen LogP contribution in [0.3, 0.4) is 0 Å². The van der Waals surface area contributed by atoms with Crippen LogP contribution in [0.15, 0.2) is 78.9 Å². The third kappa shape index (κ3) is 2.69. The first-order valence-corrected chi connectivity index (χ1v) is 7.79. The molecule has 0 saturated carbocycles. The SMILES string of the molecule is Fc1ccc(Cn2c(-c3ccc(F)cc3)cc3ccccc32)cc1. The van der Waals surface area contributed by atoms with Crippen molar-refractivity contribution in [2.75, 3.05) is 0 Å². The second-order valence-electron chi connectivity index (χ2n) is 5.81. The van der Waals surface area contributed by atoms with Crippen molar-refractivity contribution in [1.29, 1.82) is 0 Å². The number of aromatic nitrogens is 1. The summed E-state index contributed by atoms with van der Waals surface area (Å²) in [5.41, 5.74) is 4.08. The second kappa shape index (κ2) is 5.93. The first kappa shape index (κ1) is 14.6. The molecule has 0 amide bonds. The normalized spacial score (nSPS) is 11.1. The van der Waals surface area contributed by atoms with Crippen molar-refractivity contribution in [3.8, 4) is 11.3 Å². The van der Waals surface area contributed by atoms with E-state index in [0.717, 1.165) is 27.7 Å². The number of nitrogens with zero attached hydrogens (tertiary/aromatic N) is 1. The summed E-state index contributed by atoms with van der Waals surface area (Å²) in [6, 6.07) is 23.2. The lowest BCUT2D eigenvalue weighted by Crippen LogP contribution is -2.01. The number of fused-ring (bicyclic) bond motifs is 1. The summed E-state index contributed by atoms with van der Waals surface area (Å²) in [7, 11) is 0. The zero-order chi connectivity index (χ0) is 16.5. The molecular weight excluding hydrogens is 304 g/mol. The van der Waals surface area contributed by atoms with Gasteiger partial charge in [0.25, 0.3) is 0 Å². The lowest BCUT2D eigenvalue weighted by molar-refractivity contribution is 0.626. The number of halogens is 2. The molecule has 0 aliphatic heterocycles. The fourth-order valence-corrected chi connectivity index (χ4v) is 3.01. The van der Waals surface area contributed by atoms with Crippen LogP contribution in [-0.2, 0) is 6.54 Å². The van der Waals surface area contributed by atoms with Crippen molar-refractivity contribution in [2.24, 2.45) is 0 Å². The smallest absolute Gasteiger partial charge is 0.123 e. The molecule has 0 aliphatic rings. The summed E-state index contributed by atoms with van der Waals surface area (Å²) in [6.45, 7) is 0.625. The Morgan fingerprint density at radius 3 is 2.04 bits per heavy atom. The number of hydrogen-bond acceptors (Lipinski definition) is 0. The van der Waals surface area contributed by atoms with Gasteiger partial charge in [-0.15, -0.1) is 0 Å². The zero-order valence-electron chi connectivity index (χ0n) is 12.9. The van der Waals surface area contributed by atoms with E-state index >= 15 is 0 Å². The van der Waals surface area contributed by atoms with Gasteiger partial charge in [0.1, 0.15) is 11.6 Å². The summed E-state index contributed by atoms with van der Waals surface area (Å²) in [4.78, 5) is 0. The van der Waals surface area contributed by atoms with Crippen molar-refractivity contribution in [1.82, 2.24) is 4.57 Å². The molecule has 0 N–H and O–H groups in total. The number of rotatable bonds is 3. The molecule has 0 radical (unpaired) electrons. The first-order valence-electron chi connectivity index (χ1n) is 7.79. The summed E-state index contributed by atoms with van der Waals surface area (Å²) >= 11 is 0. The molecule has 0 fully saturated rings. The lowest BCUT2D eigenvalue weighted by Gasteiger charge is -2.11. The highest BCUT2D eigenvalue weighted by molar-refractivity contribution is 5.87. The number of benzene rings is 3. The summed E-state index contributed by atoms with van der Waals surface area (Å²) in [5.74, 6) is -0.491. The summed E-state index contributed by atoms with van der Waals surface area (Å²) in [5, 5.41) is 1.12. The predicted octanol–water partition coefficient (Wildman–Crippen LogP) is 5.63. The molecule has 0 bridgehead atoms. The minimum atomic E-state index is -0.250. The third-order valence-corrected chi connectivity index (χ3v) is 4.20. The first-order chi connectivity index (χ1) is 11.7. The molecule has 4 rings (SSSR count). The van der Waals surface area contributed by atoms with Crippen LogP contribution in [0.25, 0.3) is 22.2 Å². The van der Waals surface area contributed by atoms with Gasteiger partial charge in [0, 0.05) is 23.1 Å². The molecule has 1 nitrogen and oxygen atoms in total. The number of para-hydroxylation sites is 1. The van der Waals surface area contributed by atoms with E-state index in [0.29, 0.717) is 6.54 Å². The summed E-state index contributed by atoms with van der Waals surface area (Å²) < 4.78 is 28.6. The molecule has 1 aromatic heterocycles. The van der Waals surface area contributed by atoms with Gasteiger partial charge in [-0.1, -0.05) is 30.3 Å². The maximum absolute atomic E-state index is 13.2. The maximum atomic E-state index is 13.2. The van der Waals surface area contributed by atoms with Gasteiger partial charge in [0.05, 0.1) is 0 Å². The van der Waals surface area contributed by atoms with Crippen LogP contribution in [0, 0.1) is 11.6 Å². The molecule has 24 heavy (non-hydrogen) atoms. The molecule has 4 aromatic rings. The van der Waals surface area contributed by atoms with E-state index in [4.69, 9.17) is 0 Å². The number of hydrogen-bond donors (Lipinski definition) is 0. The highest BCUT2D eigenvalue weighted by atomic mass is 19.1. The van der Waals surface area contributed by atoms with E-state index < -0.39 is 0 Å². The van der Waals surface area contributed by atoms with Gasteiger partial charge < -0.3 is 4.57 Å². The van der Waals surface area contributed by atoms with Crippen molar-refractivity contribution in [2.45, 2.75) is 6.54 Å². The minimum Gasteiger partial charge on any atom is -0.336 e. The molecule has 118 valence electrons. The fraction of sp³-hybridized carbons (Fsp3) is 0.0476. The minimum absolute atomic E-state index is 0.241. The Balaban J connectivity index is 1.86. The average molecular weight is 319 g/mol. The average Bonchev–Trinajstić information content (AvgIpc) is 2.96. The van der Waals surface area contributed by atoms with E-state index in [-0.39, 0.29) is 11.6 Å². The van der Waals surface area contributed by atoms with Gasteiger partial charge in [0.2, 0.25) is 0 Å². The molecule has 0 atom stereocenters. The third-order valence-electron chi connectivity index (χ3n) is 4.20. The maximum Gasteiger partial charge on any atom is 0.123 e. The Hall–Kier alpha value is -2.94. The molecule has 0 saturated heterocycles. The van der Waals surface area contributed by atoms with Gasteiger partial charge in [-0.2, -0.15) is 0 Å².